The van der Waals surface area contributed by atoms with E-state index in [-0.39, 0.29) is 16.9 Å². The fourth-order valence-corrected chi connectivity index (χ4v) is 3.97. The molecule has 1 fully saturated rings. The van der Waals surface area contributed by atoms with E-state index in [1.807, 2.05) is 6.92 Å². The van der Waals surface area contributed by atoms with E-state index in [4.69, 9.17) is 4.74 Å². The summed E-state index contributed by atoms with van der Waals surface area (Å²) in [5.74, 6) is -1.89. The summed E-state index contributed by atoms with van der Waals surface area (Å²) >= 11 is 3.35. The van der Waals surface area contributed by atoms with E-state index < -0.39 is 23.5 Å². The number of nitrogens with zero attached hydrogens (tertiary/aromatic N) is 1. The van der Waals surface area contributed by atoms with Crippen molar-refractivity contribution in [2.24, 2.45) is 0 Å². The third kappa shape index (κ3) is 3.92. The van der Waals surface area contributed by atoms with Crippen molar-refractivity contribution in [1.29, 1.82) is 0 Å². The summed E-state index contributed by atoms with van der Waals surface area (Å²) in [6, 6.07) is 9.80. The maximum Gasteiger partial charge on any atom is 0.295 e. The molecule has 0 spiro atoms. The number of likely N-dealkylation sites (tertiary alicyclic amines) is 1. The van der Waals surface area contributed by atoms with Crippen molar-refractivity contribution in [2.75, 3.05) is 13.7 Å². The van der Waals surface area contributed by atoms with E-state index in [0.29, 0.717) is 28.8 Å². The number of amides is 1. The number of benzene rings is 2. The van der Waals surface area contributed by atoms with Crippen LogP contribution in [-0.2, 0) is 9.59 Å². The number of methoxy groups -OCH3 is 1. The van der Waals surface area contributed by atoms with Crippen molar-refractivity contribution in [2.45, 2.75) is 25.8 Å². The monoisotopic (exact) mass is 461 g/mol. The van der Waals surface area contributed by atoms with Crippen LogP contribution in [0.1, 0.15) is 36.9 Å². The van der Waals surface area contributed by atoms with E-state index in [0.717, 1.165) is 6.42 Å². The third-order valence-corrected chi connectivity index (χ3v) is 5.54. The van der Waals surface area contributed by atoms with Crippen LogP contribution in [0.2, 0.25) is 0 Å². The van der Waals surface area contributed by atoms with E-state index in [2.05, 4.69) is 15.9 Å². The van der Waals surface area contributed by atoms with Crippen LogP contribution in [0.4, 0.5) is 4.39 Å². The van der Waals surface area contributed by atoms with Gasteiger partial charge >= 0.3 is 0 Å². The van der Waals surface area contributed by atoms with Gasteiger partial charge in [0.05, 0.1) is 23.2 Å². The number of ketones is 1. The standard InChI is InChI=1S/C22H21BrFNO4/c1-3-4-11-25-19(14-7-5-6-8-16(14)24)18(21(27)22(25)28)20(26)13-9-10-17(29-2)15(23)12-13/h5-10,12,19,26H,3-4,11H2,1-2H3/b20-18+. The van der Waals surface area contributed by atoms with Gasteiger partial charge in [-0.25, -0.2) is 4.39 Å². The van der Waals surface area contributed by atoms with Crippen LogP contribution < -0.4 is 4.74 Å². The lowest BCUT2D eigenvalue weighted by atomic mass is 9.95. The van der Waals surface area contributed by atoms with Crippen molar-refractivity contribution in [3.05, 3.63) is 69.5 Å². The summed E-state index contributed by atoms with van der Waals surface area (Å²) < 4.78 is 20.4. The first-order valence-electron chi connectivity index (χ1n) is 9.27. The summed E-state index contributed by atoms with van der Waals surface area (Å²) in [4.78, 5) is 26.9. The number of hydrogen-bond acceptors (Lipinski definition) is 4. The molecule has 29 heavy (non-hydrogen) atoms. The minimum Gasteiger partial charge on any atom is -0.507 e. The highest BCUT2D eigenvalue weighted by Gasteiger charge is 2.46. The fraction of sp³-hybridized carbons (Fsp3) is 0.273. The number of aliphatic hydroxyl groups excluding tert-OH is 1. The SMILES string of the molecule is CCCCN1C(=O)C(=O)/C(=C(/O)c2ccc(OC)c(Br)c2)C1c1ccccc1F. The van der Waals surface area contributed by atoms with Crippen molar-refractivity contribution in [3.8, 4) is 5.75 Å². The smallest absolute Gasteiger partial charge is 0.295 e. The lowest BCUT2D eigenvalue weighted by molar-refractivity contribution is -0.139. The molecular weight excluding hydrogens is 441 g/mol. The Morgan fingerprint density at radius 2 is 1.97 bits per heavy atom. The second-order valence-corrected chi connectivity index (χ2v) is 7.57. The molecule has 152 valence electrons. The van der Waals surface area contributed by atoms with Crippen molar-refractivity contribution >= 4 is 33.4 Å². The maximum atomic E-state index is 14.6. The molecule has 0 saturated carbocycles. The molecule has 1 heterocycles. The molecule has 0 aromatic heterocycles. The highest BCUT2D eigenvalue weighted by Crippen LogP contribution is 2.41. The Morgan fingerprint density at radius 3 is 2.59 bits per heavy atom. The van der Waals surface area contributed by atoms with Gasteiger partial charge in [-0.3, -0.25) is 9.59 Å². The molecule has 1 aliphatic heterocycles. The second-order valence-electron chi connectivity index (χ2n) is 6.72. The topological polar surface area (TPSA) is 66.8 Å². The molecule has 2 aromatic rings. The average molecular weight is 462 g/mol. The molecule has 0 radical (unpaired) electrons. The summed E-state index contributed by atoms with van der Waals surface area (Å²) in [6.07, 6.45) is 1.46. The molecule has 0 aliphatic carbocycles. The second kappa shape index (κ2) is 8.78. The molecule has 1 saturated heterocycles. The van der Waals surface area contributed by atoms with Crippen LogP contribution in [0, 0.1) is 5.82 Å². The summed E-state index contributed by atoms with van der Waals surface area (Å²) in [5, 5.41) is 11.0. The Kier molecular flexibility index (Phi) is 6.37. The van der Waals surface area contributed by atoms with Crippen molar-refractivity contribution < 1.29 is 23.8 Å². The summed E-state index contributed by atoms with van der Waals surface area (Å²) in [5.41, 5.74) is 0.387. The molecule has 1 unspecified atom stereocenters. The highest BCUT2D eigenvalue weighted by atomic mass is 79.9. The maximum absolute atomic E-state index is 14.6. The van der Waals surface area contributed by atoms with Gasteiger partial charge < -0.3 is 14.7 Å². The van der Waals surface area contributed by atoms with Gasteiger partial charge in [0, 0.05) is 17.7 Å². The summed E-state index contributed by atoms with van der Waals surface area (Å²) in [7, 11) is 1.51. The predicted octanol–water partition coefficient (Wildman–Crippen LogP) is 4.82. The molecule has 1 amide bonds. The van der Waals surface area contributed by atoms with Gasteiger partial charge in [0.25, 0.3) is 11.7 Å². The van der Waals surface area contributed by atoms with Gasteiger partial charge in [0.2, 0.25) is 0 Å². The number of unbranched alkanes of at least 4 members (excludes halogenated alkanes) is 1. The van der Waals surface area contributed by atoms with Crippen molar-refractivity contribution in [3.63, 3.8) is 0 Å². The minimum absolute atomic E-state index is 0.117. The van der Waals surface area contributed by atoms with Crippen LogP contribution >= 0.6 is 15.9 Å². The lowest BCUT2D eigenvalue weighted by Gasteiger charge is -2.25. The molecule has 1 atom stereocenters. The number of halogens is 2. The molecule has 5 nitrogen and oxygen atoms in total. The Bertz CT molecular complexity index is 989. The quantitative estimate of drug-likeness (QED) is 0.380. The van der Waals surface area contributed by atoms with Gasteiger partial charge in [-0.2, -0.15) is 0 Å². The Balaban J connectivity index is 2.19. The minimum atomic E-state index is -0.983. The number of hydrogen-bond donors (Lipinski definition) is 1. The molecule has 1 aliphatic rings. The normalized spacial score (nSPS) is 18.3. The number of rotatable bonds is 6. The first-order chi connectivity index (χ1) is 13.9. The zero-order valence-corrected chi connectivity index (χ0v) is 17.7. The van der Waals surface area contributed by atoms with Gasteiger partial charge in [0.15, 0.2) is 0 Å². The first-order valence-corrected chi connectivity index (χ1v) is 10.1. The number of ether oxygens (including phenoxy) is 1. The zero-order chi connectivity index (χ0) is 21.1. The van der Waals surface area contributed by atoms with Crippen molar-refractivity contribution in [1.82, 2.24) is 4.90 Å². The Morgan fingerprint density at radius 1 is 1.24 bits per heavy atom. The van der Waals surface area contributed by atoms with Crippen LogP contribution in [0.15, 0.2) is 52.5 Å². The number of carbonyl (C=O) groups excluding carboxylic acids is 2. The first kappa shape index (κ1) is 21.0. The van der Waals surface area contributed by atoms with Gasteiger partial charge in [-0.15, -0.1) is 0 Å². The van der Waals surface area contributed by atoms with E-state index in [9.17, 15) is 19.1 Å². The zero-order valence-electron chi connectivity index (χ0n) is 16.1. The molecule has 3 rings (SSSR count). The van der Waals surface area contributed by atoms with E-state index >= 15 is 0 Å². The van der Waals surface area contributed by atoms with Gasteiger partial charge in [-0.1, -0.05) is 31.5 Å². The highest BCUT2D eigenvalue weighted by molar-refractivity contribution is 9.10. The average Bonchev–Trinajstić information content (AvgIpc) is 2.96. The number of aliphatic hydroxyl groups is 1. The predicted molar refractivity (Wildman–Crippen MR) is 111 cm³/mol. The van der Waals surface area contributed by atoms with E-state index in [1.54, 1.807) is 24.3 Å². The largest absolute Gasteiger partial charge is 0.507 e. The number of Topliss-reactive ketones (excluding diaryl/α,β-unsaturated/α-hetero) is 1. The van der Waals surface area contributed by atoms with Crippen LogP contribution in [-0.4, -0.2) is 35.4 Å². The summed E-state index contributed by atoms with van der Waals surface area (Å²) in [6.45, 7) is 2.26. The van der Waals surface area contributed by atoms with E-state index in [1.165, 1.54) is 30.2 Å². The Hall–Kier alpha value is -2.67. The van der Waals surface area contributed by atoms with Crippen LogP contribution in [0.3, 0.4) is 0 Å². The van der Waals surface area contributed by atoms with Gasteiger partial charge in [0.1, 0.15) is 17.3 Å². The fourth-order valence-electron chi connectivity index (χ4n) is 3.43. The molecular formula is C22H21BrFNO4. The lowest BCUT2D eigenvalue weighted by Crippen LogP contribution is -2.31. The molecule has 7 heteroatoms. The van der Waals surface area contributed by atoms with Crippen LogP contribution in [0.5, 0.6) is 5.75 Å². The molecule has 2 aromatic carbocycles. The molecule has 1 N–H and O–H groups in total. The number of carbonyl (C=O) groups is 2. The van der Waals surface area contributed by atoms with Gasteiger partial charge in [-0.05, 0) is 46.6 Å². The van der Waals surface area contributed by atoms with Crippen LogP contribution in [0.25, 0.3) is 5.76 Å². The molecule has 0 bridgehead atoms. The Labute approximate surface area is 176 Å². The third-order valence-electron chi connectivity index (χ3n) is 4.92.